The predicted molar refractivity (Wildman–Crippen MR) is 117 cm³/mol. The van der Waals surface area contributed by atoms with E-state index in [1.165, 1.54) is 37.6 Å². The van der Waals surface area contributed by atoms with E-state index in [2.05, 4.69) is 26.2 Å². The molecule has 0 atom stereocenters. The monoisotopic (exact) mass is 495 g/mol. The number of carbonyl (C=O) groups excluding carboxylic acids is 1. The fourth-order valence-electron chi connectivity index (χ4n) is 2.31. The summed E-state index contributed by atoms with van der Waals surface area (Å²) in [5.41, 5.74) is 1.40. The van der Waals surface area contributed by atoms with Gasteiger partial charge in [-0.1, -0.05) is 28.1 Å². The minimum atomic E-state index is -3.48. The van der Waals surface area contributed by atoms with Gasteiger partial charge in [-0.15, -0.1) is 11.3 Å². The van der Waals surface area contributed by atoms with E-state index in [1.807, 2.05) is 12.1 Å². The molecular formula is C19H18BrN3O4S2. The number of amides is 1. The minimum absolute atomic E-state index is 0.131. The van der Waals surface area contributed by atoms with Crippen LogP contribution in [0, 0.1) is 0 Å². The number of nitrogens with zero attached hydrogens (tertiary/aromatic N) is 2. The SMILES string of the molecule is CN(C)S(=O)(=O)c1ccc(-c2csc(NC(=O)COc3ccc(Br)cc3)n2)cc1. The second-order valence-corrected chi connectivity index (χ2v) is 10.1. The number of benzene rings is 2. The number of nitrogens with one attached hydrogen (secondary N) is 1. The Kier molecular flexibility index (Phi) is 6.68. The highest BCUT2D eigenvalue weighted by molar-refractivity contribution is 9.10. The molecule has 10 heteroatoms. The lowest BCUT2D eigenvalue weighted by Crippen LogP contribution is -2.22. The molecule has 152 valence electrons. The summed E-state index contributed by atoms with van der Waals surface area (Å²) in [6, 6.07) is 13.6. The van der Waals surface area contributed by atoms with E-state index >= 15 is 0 Å². The van der Waals surface area contributed by atoms with Crippen LogP contribution in [0.4, 0.5) is 5.13 Å². The second-order valence-electron chi connectivity index (χ2n) is 6.14. The molecule has 1 aromatic heterocycles. The third-order valence-electron chi connectivity index (χ3n) is 3.86. The highest BCUT2D eigenvalue weighted by Gasteiger charge is 2.17. The van der Waals surface area contributed by atoms with E-state index in [-0.39, 0.29) is 17.4 Å². The first-order valence-electron chi connectivity index (χ1n) is 8.42. The smallest absolute Gasteiger partial charge is 0.264 e. The van der Waals surface area contributed by atoms with E-state index in [1.54, 1.807) is 29.6 Å². The van der Waals surface area contributed by atoms with Gasteiger partial charge in [0.15, 0.2) is 11.7 Å². The number of carbonyl (C=O) groups is 1. The van der Waals surface area contributed by atoms with Crippen molar-refractivity contribution in [2.24, 2.45) is 0 Å². The molecule has 0 saturated carbocycles. The summed E-state index contributed by atoms with van der Waals surface area (Å²) in [6.45, 7) is -0.131. The Morgan fingerprint density at radius 1 is 1.14 bits per heavy atom. The maximum atomic E-state index is 12.1. The van der Waals surface area contributed by atoms with E-state index in [4.69, 9.17) is 4.74 Å². The molecule has 0 aliphatic heterocycles. The summed E-state index contributed by atoms with van der Waals surface area (Å²) < 4.78 is 31.8. The molecule has 0 aliphatic carbocycles. The quantitative estimate of drug-likeness (QED) is 0.537. The van der Waals surface area contributed by atoms with Crippen LogP contribution < -0.4 is 10.1 Å². The van der Waals surface area contributed by atoms with Gasteiger partial charge in [0.1, 0.15) is 5.75 Å². The summed E-state index contributed by atoms with van der Waals surface area (Å²) in [6.07, 6.45) is 0. The molecule has 3 rings (SSSR count). The first-order valence-corrected chi connectivity index (χ1v) is 11.5. The van der Waals surface area contributed by atoms with Crippen LogP contribution >= 0.6 is 27.3 Å². The Hall–Kier alpha value is -2.27. The molecule has 0 bridgehead atoms. The van der Waals surface area contributed by atoms with Gasteiger partial charge in [-0.25, -0.2) is 17.7 Å². The lowest BCUT2D eigenvalue weighted by molar-refractivity contribution is -0.118. The molecule has 0 fully saturated rings. The molecule has 7 nitrogen and oxygen atoms in total. The zero-order valence-electron chi connectivity index (χ0n) is 15.6. The largest absolute Gasteiger partial charge is 0.484 e. The Morgan fingerprint density at radius 2 is 1.79 bits per heavy atom. The van der Waals surface area contributed by atoms with Gasteiger partial charge in [0, 0.05) is 29.5 Å². The van der Waals surface area contributed by atoms with Crippen molar-refractivity contribution >= 4 is 48.3 Å². The summed E-state index contributed by atoms with van der Waals surface area (Å²) in [5, 5.41) is 4.93. The molecule has 0 unspecified atom stereocenters. The van der Waals surface area contributed by atoms with E-state index < -0.39 is 10.0 Å². The lowest BCUT2D eigenvalue weighted by Gasteiger charge is -2.11. The van der Waals surface area contributed by atoms with Crippen LogP contribution in [0.15, 0.2) is 63.3 Å². The van der Waals surface area contributed by atoms with Gasteiger partial charge >= 0.3 is 0 Å². The Morgan fingerprint density at radius 3 is 2.41 bits per heavy atom. The van der Waals surface area contributed by atoms with Crippen molar-refractivity contribution in [3.63, 3.8) is 0 Å². The molecule has 0 radical (unpaired) electrons. The maximum Gasteiger partial charge on any atom is 0.264 e. The summed E-state index contributed by atoms with van der Waals surface area (Å²) in [4.78, 5) is 16.7. The summed E-state index contributed by atoms with van der Waals surface area (Å²) in [7, 11) is -0.506. The van der Waals surface area contributed by atoms with Crippen molar-refractivity contribution < 1.29 is 17.9 Å². The molecule has 1 amide bonds. The molecule has 29 heavy (non-hydrogen) atoms. The van der Waals surface area contributed by atoms with E-state index in [0.29, 0.717) is 16.6 Å². The maximum absolute atomic E-state index is 12.1. The van der Waals surface area contributed by atoms with E-state index in [9.17, 15) is 13.2 Å². The average molecular weight is 496 g/mol. The standard InChI is InChI=1S/C19H18BrN3O4S2/c1-23(2)29(25,26)16-9-3-13(4-10-16)17-12-28-19(21-17)22-18(24)11-27-15-7-5-14(20)6-8-15/h3-10,12H,11H2,1-2H3,(H,21,22,24). The predicted octanol–water partition coefficient (Wildman–Crippen LogP) is 3.84. The third-order valence-corrected chi connectivity index (χ3v) is 6.98. The Balaban J connectivity index is 1.61. The number of sulfonamides is 1. The number of rotatable bonds is 7. The Bertz CT molecular complexity index is 1100. The number of hydrogen-bond acceptors (Lipinski definition) is 6. The van der Waals surface area contributed by atoms with Crippen LogP contribution in [0.1, 0.15) is 0 Å². The minimum Gasteiger partial charge on any atom is -0.484 e. The van der Waals surface area contributed by atoms with Gasteiger partial charge < -0.3 is 4.74 Å². The summed E-state index contributed by atoms with van der Waals surface area (Å²) >= 11 is 4.62. The van der Waals surface area contributed by atoms with Gasteiger partial charge in [-0.2, -0.15) is 0 Å². The first kappa shape index (κ1) is 21.4. The lowest BCUT2D eigenvalue weighted by atomic mass is 10.2. The van der Waals surface area contributed by atoms with Gasteiger partial charge in [-0.3, -0.25) is 10.1 Å². The Labute approximate surface area is 181 Å². The zero-order chi connectivity index (χ0) is 21.0. The van der Waals surface area contributed by atoms with Gasteiger partial charge in [-0.05, 0) is 36.4 Å². The van der Waals surface area contributed by atoms with Gasteiger partial charge in [0.05, 0.1) is 10.6 Å². The van der Waals surface area contributed by atoms with Crippen molar-refractivity contribution in [2.45, 2.75) is 4.90 Å². The normalized spacial score (nSPS) is 11.4. The number of ether oxygens (including phenoxy) is 1. The van der Waals surface area contributed by atoms with Crippen LogP contribution in [0.3, 0.4) is 0 Å². The second kappa shape index (κ2) is 9.04. The number of hydrogen-bond donors (Lipinski definition) is 1. The summed E-state index contributed by atoms with van der Waals surface area (Å²) in [5.74, 6) is 0.275. The molecule has 0 aliphatic rings. The third kappa shape index (κ3) is 5.41. The molecule has 2 aromatic carbocycles. The number of thiazole rings is 1. The molecule has 1 N–H and O–H groups in total. The van der Waals surface area contributed by atoms with Crippen LogP contribution in [0.2, 0.25) is 0 Å². The van der Waals surface area contributed by atoms with Crippen LogP contribution in [-0.4, -0.2) is 44.3 Å². The fourth-order valence-corrected chi connectivity index (χ4v) is 4.21. The molecule has 0 saturated heterocycles. The highest BCUT2D eigenvalue weighted by Crippen LogP contribution is 2.26. The van der Waals surface area contributed by atoms with E-state index in [0.717, 1.165) is 14.3 Å². The zero-order valence-corrected chi connectivity index (χ0v) is 18.8. The van der Waals surface area contributed by atoms with Crippen molar-refractivity contribution in [2.75, 3.05) is 26.0 Å². The number of anilines is 1. The molecule has 3 aromatic rings. The highest BCUT2D eigenvalue weighted by atomic mass is 79.9. The van der Waals surface area contributed by atoms with Crippen LogP contribution in [0.25, 0.3) is 11.3 Å². The van der Waals surface area contributed by atoms with Crippen LogP contribution in [-0.2, 0) is 14.8 Å². The van der Waals surface area contributed by atoms with Gasteiger partial charge in [0.25, 0.3) is 5.91 Å². The average Bonchev–Trinajstić information content (AvgIpc) is 3.16. The van der Waals surface area contributed by atoms with Crippen molar-refractivity contribution in [3.8, 4) is 17.0 Å². The molecular weight excluding hydrogens is 478 g/mol. The first-order chi connectivity index (χ1) is 13.8. The van der Waals surface area contributed by atoms with Crippen molar-refractivity contribution in [1.29, 1.82) is 0 Å². The molecule has 0 spiro atoms. The number of aromatic nitrogens is 1. The number of halogens is 1. The van der Waals surface area contributed by atoms with Crippen LogP contribution in [0.5, 0.6) is 5.75 Å². The molecule has 1 heterocycles. The fraction of sp³-hybridized carbons (Fsp3) is 0.158. The van der Waals surface area contributed by atoms with Crippen molar-refractivity contribution in [1.82, 2.24) is 9.29 Å². The topological polar surface area (TPSA) is 88.6 Å². The van der Waals surface area contributed by atoms with Gasteiger partial charge in [0.2, 0.25) is 10.0 Å². The van der Waals surface area contributed by atoms with Crippen molar-refractivity contribution in [3.05, 3.63) is 58.4 Å².